The molecule has 1 unspecified atom stereocenters. The second kappa shape index (κ2) is 19.6. The fraction of sp³-hybridized carbons (Fsp3) is 0.840. The van der Waals surface area contributed by atoms with Crippen molar-refractivity contribution in [2.45, 2.75) is 129 Å². The van der Waals surface area contributed by atoms with Crippen molar-refractivity contribution in [3.05, 3.63) is 12.2 Å². The molecule has 30 heavy (non-hydrogen) atoms. The Morgan fingerprint density at radius 1 is 0.767 bits per heavy atom. The van der Waals surface area contributed by atoms with Crippen molar-refractivity contribution in [2.24, 2.45) is 0 Å². The fourth-order valence-corrected chi connectivity index (χ4v) is 3.70. The van der Waals surface area contributed by atoms with Gasteiger partial charge in [0.25, 0.3) is 0 Å². The lowest BCUT2D eigenvalue weighted by Gasteiger charge is -2.25. The Morgan fingerprint density at radius 3 is 1.77 bits per heavy atom. The van der Waals surface area contributed by atoms with Crippen LogP contribution in [0.1, 0.15) is 123 Å². The van der Waals surface area contributed by atoms with Crippen molar-refractivity contribution in [2.75, 3.05) is 6.61 Å². The molecule has 0 fully saturated rings. The van der Waals surface area contributed by atoms with Crippen LogP contribution in [0, 0.1) is 0 Å². The van der Waals surface area contributed by atoms with E-state index in [0.29, 0.717) is 6.42 Å². The molecule has 0 radical (unpaired) electrons. The number of hydrogen-bond acceptors (Lipinski definition) is 4. The molecule has 0 rings (SSSR count). The number of carbonyl (C=O) groups excluding carboxylic acids is 1. The first-order chi connectivity index (χ1) is 14.4. The number of esters is 1. The summed E-state index contributed by atoms with van der Waals surface area (Å²) in [5.74, 6) is -1.63. The minimum atomic E-state index is -1.50. The molecule has 0 aromatic carbocycles. The highest BCUT2D eigenvalue weighted by Gasteiger charge is 2.33. The molecule has 0 aliphatic rings. The van der Waals surface area contributed by atoms with E-state index in [9.17, 15) is 14.7 Å². The van der Waals surface area contributed by atoms with Gasteiger partial charge >= 0.3 is 11.9 Å². The van der Waals surface area contributed by atoms with Gasteiger partial charge in [-0.2, -0.15) is 0 Å². The molecule has 1 atom stereocenters. The minimum Gasteiger partial charge on any atom is -0.481 e. The van der Waals surface area contributed by atoms with Gasteiger partial charge in [0, 0.05) is 0 Å². The number of aliphatic hydroxyl groups is 1. The van der Waals surface area contributed by atoms with Gasteiger partial charge in [-0.15, -0.1) is 0 Å². The predicted molar refractivity (Wildman–Crippen MR) is 123 cm³/mol. The van der Waals surface area contributed by atoms with Crippen LogP contribution in [0.4, 0.5) is 0 Å². The Balaban J connectivity index is 3.70. The molecular formula is C25H46O5. The predicted octanol–water partition coefficient (Wildman–Crippen LogP) is 6.57. The van der Waals surface area contributed by atoms with E-state index in [0.717, 1.165) is 32.1 Å². The quantitative estimate of drug-likeness (QED) is 0.123. The van der Waals surface area contributed by atoms with E-state index in [4.69, 9.17) is 9.84 Å². The summed E-state index contributed by atoms with van der Waals surface area (Å²) < 4.78 is 4.85. The molecule has 0 spiro atoms. The van der Waals surface area contributed by atoms with Crippen molar-refractivity contribution >= 4 is 11.9 Å². The summed E-state index contributed by atoms with van der Waals surface area (Å²) in [5, 5.41) is 19.5. The lowest BCUT2D eigenvalue weighted by atomic mass is 9.89. The van der Waals surface area contributed by atoms with Gasteiger partial charge in [0.05, 0.1) is 25.0 Å². The second-order valence-corrected chi connectivity index (χ2v) is 8.46. The molecule has 2 N–H and O–H groups in total. The summed E-state index contributed by atoms with van der Waals surface area (Å²) in [6.07, 6.45) is 21.0. The zero-order valence-corrected chi connectivity index (χ0v) is 19.5. The van der Waals surface area contributed by atoms with E-state index >= 15 is 0 Å². The Hall–Kier alpha value is -1.36. The van der Waals surface area contributed by atoms with Gasteiger partial charge in [-0.1, -0.05) is 83.3 Å². The van der Waals surface area contributed by atoms with E-state index in [1.54, 1.807) is 6.92 Å². The van der Waals surface area contributed by atoms with Crippen molar-refractivity contribution in [3.63, 3.8) is 0 Å². The lowest BCUT2D eigenvalue weighted by molar-refractivity contribution is -0.153. The largest absolute Gasteiger partial charge is 0.481 e. The van der Waals surface area contributed by atoms with Gasteiger partial charge in [0.2, 0.25) is 0 Å². The number of rotatable bonds is 21. The van der Waals surface area contributed by atoms with Gasteiger partial charge < -0.3 is 14.9 Å². The third kappa shape index (κ3) is 18.7. The second-order valence-electron chi connectivity index (χ2n) is 8.46. The monoisotopic (exact) mass is 426 g/mol. The zero-order valence-electron chi connectivity index (χ0n) is 19.5. The molecule has 0 aliphatic carbocycles. The van der Waals surface area contributed by atoms with Gasteiger partial charge in [-0.25, -0.2) is 0 Å². The van der Waals surface area contributed by atoms with E-state index in [1.807, 2.05) is 0 Å². The van der Waals surface area contributed by atoms with Gasteiger partial charge in [0.1, 0.15) is 0 Å². The molecule has 0 aliphatic heterocycles. The highest BCUT2D eigenvalue weighted by Crippen LogP contribution is 2.24. The number of aliphatic carboxylic acids is 1. The number of allylic oxidation sites excluding steroid dienone is 2. The van der Waals surface area contributed by atoms with Crippen LogP contribution in [0.2, 0.25) is 0 Å². The maximum Gasteiger partial charge on any atom is 0.308 e. The molecule has 0 saturated carbocycles. The van der Waals surface area contributed by atoms with Crippen LogP contribution in [0.5, 0.6) is 0 Å². The average Bonchev–Trinajstić information content (AvgIpc) is 2.67. The van der Waals surface area contributed by atoms with Crippen molar-refractivity contribution in [1.82, 2.24) is 0 Å². The molecule has 0 aromatic heterocycles. The average molecular weight is 427 g/mol. The first-order valence-electron chi connectivity index (χ1n) is 12.2. The maximum atomic E-state index is 11.6. The van der Waals surface area contributed by atoms with E-state index in [-0.39, 0.29) is 13.0 Å². The normalized spacial score (nSPS) is 13.4. The Labute approximate surface area is 184 Å². The summed E-state index contributed by atoms with van der Waals surface area (Å²) in [5.41, 5.74) is -1.50. The summed E-state index contributed by atoms with van der Waals surface area (Å²) in [6, 6.07) is 0. The number of unbranched alkanes of at least 4 members (excludes halogenated alkanes) is 12. The highest BCUT2D eigenvalue weighted by atomic mass is 16.5. The first kappa shape index (κ1) is 28.6. The van der Waals surface area contributed by atoms with E-state index in [1.165, 1.54) is 57.8 Å². The zero-order chi connectivity index (χ0) is 22.5. The van der Waals surface area contributed by atoms with Crippen LogP contribution in [-0.4, -0.2) is 34.4 Å². The molecule has 176 valence electrons. The summed E-state index contributed by atoms with van der Waals surface area (Å²) in [6.45, 7) is 4.18. The molecule has 0 aromatic rings. The topological polar surface area (TPSA) is 83.8 Å². The first-order valence-corrected chi connectivity index (χ1v) is 12.2. The van der Waals surface area contributed by atoms with Crippen LogP contribution in [-0.2, 0) is 14.3 Å². The van der Waals surface area contributed by atoms with Crippen LogP contribution in [0.3, 0.4) is 0 Å². The van der Waals surface area contributed by atoms with Gasteiger partial charge in [-0.3, -0.25) is 9.59 Å². The van der Waals surface area contributed by atoms with E-state index in [2.05, 4.69) is 19.1 Å². The summed E-state index contributed by atoms with van der Waals surface area (Å²) >= 11 is 0. The molecule has 0 heterocycles. The minimum absolute atomic E-state index is 0.232. The Bertz CT molecular complexity index is 460. The lowest BCUT2D eigenvalue weighted by Crippen LogP contribution is -2.35. The molecular weight excluding hydrogens is 380 g/mol. The molecule has 0 amide bonds. The smallest absolute Gasteiger partial charge is 0.308 e. The van der Waals surface area contributed by atoms with Crippen LogP contribution in [0.15, 0.2) is 12.2 Å². The Morgan fingerprint density at radius 2 is 1.27 bits per heavy atom. The van der Waals surface area contributed by atoms with Crippen LogP contribution >= 0.6 is 0 Å². The third-order valence-electron chi connectivity index (χ3n) is 5.41. The number of carboxylic acids is 1. The molecule has 5 nitrogen and oxygen atoms in total. The number of carbonyl (C=O) groups is 2. The van der Waals surface area contributed by atoms with Crippen LogP contribution < -0.4 is 0 Å². The van der Waals surface area contributed by atoms with Gasteiger partial charge in [0.15, 0.2) is 0 Å². The van der Waals surface area contributed by atoms with Crippen molar-refractivity contribution < 1.29 is 24.5 Å². The Kier molecular flexibility index (Phi) is 18.7. The van der Waals surface area contributed by atoms with E-state index < -0.39 is 24.0 Å². The summed E-state index contributed by atoms with van der Waals surface area (Å²) in [4.78, 5) is 22.6. The van der Waals surface area contributed by atoms with Crippen LogP contribution in [0.25, 0.3) is 0 Å². The standard InChI is InChI=1S/C25H46O5/c1-3-5-6-7-8-9-10-11-12-13-14-15-16-17-18-19-20-25(29,21-23(26)27)22-24(28)30-4-2/h11-12,29H,3-10,13-22H2,1-2H3,(H,26,27). The molecule has 0 bridgehead atoms. The maximum absolute atomic E-state index is 11.6. The fourth-order valence-electron chi connectivity index (χ4n) is 3.70. The van der Waals surface area contributed by atoms with Gasteiger partial charge in [-0.05, 0) is 39.0 Å². The highest BCUT2D eigenvalue weighted by molar-refractivity contribution is 5.73. The number of carboxylic acid groups (broad SMARTS) is 1. The summed E-state index contributed by atoms with van der Waals surface area (Å²) in [7, 11) is 0. The van der Waals surface area contributed by atoms with Crippen molar-refractivity contribution in [3.8, 4) is 0 Å². The molecule has 0 saturated heterocycles. The number of ether oxygens (including phenoxy) is 1. The third-order valence-corrected chi connectivity index (χ3v) is 5.41. The van der Waals surface area contributed by atoms with Crippen molar-refractivity contribution in [1.29, 1.82) is 0 Å². The number of hydrogen-bond donors (Lipinski definition) is 2. The molecule has 5 heteroatoms. The SMILES string of the molecule is CCCCCCCCC=CCCCCCCCCC(O)(CC(=O)O)CC(=O)OCC.